The smallest absolute Gasteiger partial charge is 0.0746 e. The zero-order chi connectivity index (χ0) is 11.9. The predicted octanol–water partition coefficient (Wildman–Crippen LogP) is 4.26. The Labute approximate surface area is 103 Å². The fraction of sp³-hybridized carbons (Fsp3) is 0.188. The molecule has 0 aliphatic carbocycles. The molecule has 0 aromatic heterocycles. The van der Waals surface area contributed by atoms with E-state index in [0.29, 0.717) is 0 Å². The van der Waals surface area contributed by atoms with Crippen molar-refractivity contribution in [2.75, 3.05) is 0 Å². The first-order chi connectivity index (χ1) is 8.40. The third-order valence-corrected chi connectivity index (χ3v) is 2.77. The summed E-state index contributed by atoms with van der Waals surface area (Å²) in [5.74, 6) is 0. The van der Waals surface area contributed by atoms with E-state index in [-0.39, 0.29) is 6.04 Å². The Morgan fingerprint density at radius 2 is 1.53 bits per heavy atom. The minimum Gasteiger partial charge on any atom is -0.284 e. The summed E-state index contributed by atoms with van der Waals surface area (Å²) in [5.41, 5.74) is 2.43. The highest BCUT2D eigenvalue weighted by Crippen LogP contribution is 2.20. The maximum Gasteiger partial charge on any atom is 0.0746 e. The minimum absolute atomic E-state index is 0.261. The fourth-order valence-corrected chi connectivity index (χ4v) is 1.82. The Morgan fingerprint density at radius 3 is 2.12 bits per heavy atom. The van der Waals surface area contributed by atoms with Crippen molar-refractivity contribution in [2.45, 2.75) is 19.4 Å². The summed E-state index contributed by atoms with van der Waals surface area (Å²) >= 11 is 0. The standard InChI is InChI=1S/C16H17N/c1-2-16(15-11-7-4-8-12-15)17-13-14-9-5-3-6-10-14/h3-13,16H,2H2,1H3. The molecule has 1 nitrogen and oxygen atoms in total. The second kappa shape index (κ2) is 6.00. The van der Waals surface area contributed by atoms with Gasteiger partial charge in [0.15, 0.2) is 0 Å². The highest BCUT2D eigenvalue weighted by molar-refractivity contribution is 5.79. The van der Waals surface area contributed by atoms with Crippen molar-refractivity contribution >= 4 is 6.21 Å². The van der Waals surface area contributed by atoms with Crippen LogP contribution in [0.15, 0.2) is 65.7 Å². The van der Waals surface area contributed by atoms with Gasteiger partial charge in [-0.15, -0.1) is 0 Å². The van der Waals surface area contributed by atoms with Crippen molar-refractivity contribution in [3.63, 3.8) is 0 Å². The van der Waals surface area contributed by atoms with E-state index in [2.05, 4.69) is 48.3 Å². The van der Waals surface area contributed by atoms with E-state index < -0.39 is 0 Å². The first-order valence-corrected chi connectivity index (χ1v) is 6.03. The van der Waals surface area contributed by atoms with Gasteiger partial charge in [0, 0.05) is 6.21 Å². The van der Waals surface area contributed by atoms with E-state index in [1.54, 1.807) is 0 Å². The molecule has 0 spiro atoms. The van der Waals surface area contributed by atoms with Crippen LogP contribution in [0.3, 0.4) is 0 Å². The zero-order valence-electron chi connectivity index (χ0n) is 10.1. The van der Waals surface area contributed by atoms with Gasteiger partial charge < -0.3 is 0 Å². The molecule has 86 valence electrons. The second-order valence-electron chi connectivity index (χ2n) is 4.02. The van der Waals surface area contributed by atoms with Crippen molar-refractivity contribution in [1.29, 1.82) is 0 Å². The molecule has 1 heteroatoms. The maximum atomic E-state index is 4.66. The summed E-state index contributed by atoms with van der Waals surface area (Å²) in [7, 11) is 0. The van der Waals surface area contributed by atoms with Crippen molar-refractivity contribution in [3.8, 4) is 0 Å². The van der Waals surface area contributed by atoms with Crippen LogP contribution in [-0.2, 0) is 0 Å². The lowest BCUT2D eigenvalue weighted by molar-refractivity contribution is 0.704. The van der Waals surface area contributed by atoms with Gasteiger partial charge in [0.1, 0.15) is 0 Å². The Balaban J connectivity index is 2.14. The highest BCUT2D eigenvalue weighted by Gasteiger charge is 2.04. The molecule has 1 atom stereocenters. The van der Waals surface area contributed by atoms with E-state index in [0.717, 1.165) is 12.0 Å². The normalized spacial score (nSPS) is 12.8. The molecular weight excluding hydrogens is 206 g/mol. The van der Waals surface area contributed by atoms with Crippen LogP contribution in [0.4, 0.5) is 0 Å². The number of hydrogen-bond acceptors (Lipinski definition) is 1. The molecule has 2 aromatic rings. The van der Waals surface area contributed by atoms with Crippen molar-refractivity contribution < 1.29 is 0 Å². The molecule has 0 radical (unpaired) electrons. The molecule has 0 bridgehead atoms. The lowest BCUT2D eigenvalue weighted by atomic mass is 10.1. The summed E-state index contributed by atoms with van der Waals surface area (Å²) in [6.45, 7) is 2.17. The van der Waals surface area contributed by atoms with Gasteiger partial charge in [0.2, 0.25) is 0 Å². The van der Waals surface area contributed by atoms with Gasteiger partial charge in [0.05, 0.1) is 6.04 Å². The summed E-state index contributed by atoms with van der Waals surface area (Å²) in [6, 6.07) is 20.9. The summed E-state index contributed by atoms with van der Waals surface area (Å²) in [4.78, 5) is 4.66. The molecule has 0 aliphatic rings. The number of nitrogens with zero attached hydrogens (tertiary/aromatic N) is 1. The quantitative estimate of drug-likeness (QED) is 0.687. The zero-order valence-corrected chi connectivity index (χ0v) is 10.1. The van der Waals surface area contributed by atoms with Gasteiger partial charge in [-0.3, -0.25) is 4.99 Å². The fourth-order valence-electron chi connectivity index (χ4n) is 1.82. The van der Waals surface area contributed by atoms with Gasteiger partial charge in [-0.25, -0.2) is 0 Å². The van der Waals surface area contributed by atoms with Gasteiger partial charge >= 0.3 is 0 Å². The molecular formula is C16H17N. The van der Waals surface area contributed by atoms with Crippen LogP contribution in [-0.4, -0.2) is 6.21 Å². The largest absolute Gasteiger partial charge is 0.284 e. The molecule has 0 saturated carbocycles. The van der Waals surface area contributed by atoms with E-state index in [9.17, 15) is 0 Å². The van der Waals surface area contributed by atoms with E-state index in [1.807, 2.05) is 30.5 Å². The van der Waals surface area contributed by atoms with Gasteiger partial charge in [-0.05, 0) is 17.5 Å². The molecule has 0 aliphatic heterocycles. The molecule has 0 fully saturated rings. The van der Waals surface area contributed by atoms with E-state index >= 15 is 0 Å². The summed E-state index contributed by atoms with van der Waals surface area (Å²) in [6.07, 6.45) is 2.98. The number of hydrogen-bond donors (Lipinski definition) is 0. The van der Waals surface area contributed by atoms with Crippen LogP contribution in [0, 0.1) is 0 Å². The Bertz CT molecular complexity index is 459. The Kier molecular flexibility index (Phi) is 4.09. The Hall–Kier alpha value is -1.89. The highest BCUT2D eigenvalue weighted by atomic mass is 14.8. The van der Waals surface area contributed by atoms with Crippen LogP contribution < -0.4 is 0 Å². The molecule has 0 amide bonds. The second-order valence-corrected chi connectivity index (χ2v) is 4.02. The predicted molar refractivity (Wildman–Crippen MR) is 73.5 cm³/mol. The Morgan fingerprint density at radius 1 is 0.941 bits per heavy atom. The molecule has 2 rings (SSSR count). The summed E-state index contributed by atoms with van der Waals surface area (Å²) in [5, 5.41) is 0. The van der Waals surface area contributed by atoms with Crippen LogP contribution in [0.5, 0.6) is 0 Å². The van der Waals surface area contributed by atoms with E-state index in [1.165, 1.54) is 5.56 Å². The topological polar surface area (TPSA) is 12.4 Å². The number of rotatable bonds is 4. The SMILES string of the molecule is CCC(N=Cc1ccccc1)c1ccccc1. The van der Waals surface area contributed by atoms with Gasteiger partial charge in [0.25, 0.3) is 0 Å². The average molecular weight is 223 g/mol. The lowest BCUT2D eigenvalue weighted by Gasteiger charge is -2.09. The van der Waals surface area contributed by atoms with E-state index in [4.69, 9.17) is 0 Å². The number of benzene rings is 2. The lowest BCUT2D eigenvalue weighted by Crippen LogP contribution is -1.94. The van der Waals surface area contributed by atoms with Crippen molar-refractivity contribution in [1.82, 2.24) is 0 Å². The molecule has 0 heterocycles. The average Bonchev–Trinajstić information content (AvgIpc) is 2.42. The van der Waals surface area contributed by atoms with Crippen LogP contribution >= 0.6 is 0 Å². The van der Waals surface area contributed by atoms with Crippen molar-refractivity contribution in [3.05, 3.63) is 71.8 Å². The monoisotopic (exact) mass is 223 g/mol. The first kappa shape index (κ1) is 11.6. The molecule has 2 aromatic carbocycles. The maximum absolute atomic E-state index is 4.66. The third kappa shape index (κ3) is 3.28. The van der Waals surface area contributed by atoms with Crippen LogP contribution in [0.1, 0.15) is 30.5 Å². The first-order valence-electron chi connectivity index (χ1n) is 6.03. The molecule has 0 saturated heterocycles. The summed E-state index contributed by atoms with van der Waals surface area (Å²) < 4.78 is 0. The minimum atomic E-state index is 0.261. The number of aliphatic imine (C=N–C) groups is 1. The van der Waals surface area contributed by atoms with Crippen LogP contribution in [0.25, 0.3) is 0 Å². The van der Waals surface area contributed by atoms with Gasteiger partial charge in [-0.2, -0.15) is 0 Å². The molecule has 0 N–H and O–H groups in total. The van der Waals surface area contributed by atoms with Gasteiger partial charge in [-0.1, -0.05) is 67.6 Å². The molecule has 1 unspecified atom stereocenters. The van der Waals surface area contributed by atoms with Crippen LogP contribution in [0.2, 0.25) is 0 Å². The molecule has 17 heavy (non-hydrogen) atoms. The van der Waals surface area contributed by atoms with Crippen molar-refractivity contribution in [2.24, 2.45) is 4.99 Å². The third-order valence-electron chi connectivity index (χ3n) is 2.77.